The van der Waals surface area contributed by atoms with Crippen molar-refractivity contribution >= 4 is 39.0 Å². The van der Waals surface area contributed by atoms with Crippen LogP contribution in [0.4, 0.5) is 26.3 Å². The summed E-state index contributed by atoms with van der Waals surface area (Å²) in [5.41, 5.74) is -1.70. The van der Waals surface area contributed by atoms with Crippen molar-refractivity contribution < 1.29 is 36.2 Å². The van der Waals surface area contributed by atoms with Crippen LogP contribution in [0.3, 0.4) is 0 Å². The number of aromatic nitrogens is 2. The van der Waals surface area contributed by atoms with Crippen LogP contribution >= 0.6 is 15.9 Å². The minimum absolute atomic E-state index is 0.130. The second kappa shape index (κ2) is 8.46. The molecule has 0 spiro atoms. The number of carboxylic acids is 1. The van der Waals surface area contributed by atoms with E-state index in [0.29, 0.717) is 15.9 Å². The zero-order valence-corrected chi connectivity index (χ0v) is 17.4. The van der Waals surface area contributed by atoms with Crippen molar-refractivity contribution in [1.82, 2.24) is 9.55 Å². The summed E-state index contributed by atoms with van der Waals surface area (Å²) in [5.74, 6) is -3.78. The molecule has 0 saturated carbocycles. The molecule has 0 aliphatic heterocycles. The number of fused-ring (bicyclic) bond motifs is 1. The van der Waals surface area contributed by atoms with E-state index in [9.17, 15) is 31.1 Å². The summed E-state index contributed by atoms with van der Waals surface area (Å²) in [4.78, 5) is 15.3. The predicted octanol–water partition coefficient (Wildman–Crippen LogP) is 5.79. The van der Waals surface area contributed by atoms with E-state index in [2.05, 4.69) is 20.9 Å². The number of halogens is 7. The molecule has 3 rings (SSSR count). The summed E-state index contributed by atoms with van der Waals surface area (Å²) in [6.45, 7) is -0.344. The molecule has 1 atom stereocenters. The zero-order chi connectivity index (χ0) is 23.8. The Labute approximate surface area is 185 Å². The van der Waals surface area contributed by atoms with Gasteiger partial charge in [-0.05, 0) is 46.1 Å². The van der Waals surface area contributed by atoms with Crippen LogP contribution in [0.2, 0.25) is 0 Å². The zero-order valence-electron chi connectivity index (χ0n) is 15.8. The van der Waals surface area contributed by atoms with Gasteiger partial charge in [0.05, 0.1) is 11.5 Å². The first-order valence-corrected chi connectivity index (χ1v) is 9.64. The molecule has 0 fully saturated rings. The molecule has 0 saturated heterocycles. The number of allylic oxidation sites excluding steroid dienone is 4. The molecule has 168 valence electrons. The first kappa shape index (κ1) is 23.6. The number of carboxylic acid groups (broad SMARTS) is 1. The largest absolute Gasteiger partial charge is 0.477 e. The highest BCUT2D eigenvalue weighted by Crippen LogP contribution is 2.41. The van der Waals surface area contributed by atoms with Crippen LogP contribution in [0.1, 0.15) is 12.0 Å². The van der Waals surface area contributed by atoms with E-state index in [4.69, 9.17) is 10.4 Å². The fraction of sp³-hybridized carbons (Fsp3) is 0.250. The van der Waals surface area contributed by atoms with Crippen LogP contribution in [0, 0.1) is 17.2 Å². The highest BCUT2D eigenvalue weighted by Gasteiger charge is 2.44. The fourth-order valence-electron chi connectivity index (χ4n) is 3.33. The molecule has 2 aromatic rings. The molecule has 5 nitrogen and oxygen atoms in total. The first-order valence-electron chi connectivity index (χ1n) is 8.85. The molecule has 2 heterocycles. The van der Waals surface area contributed by atoms with E-state index >= 15 is 0 Å². The number of nitriles is 1. The van der Waals surface area contributed by atoms with Crippen LogP contribution in [0.5, 0.6) is 0 Å². The Bertz CT molecular complexity index is 1210. The Morgan fingerprint density at radius 3 is 2.59 bits per heavy atom. The van der Waals surface area contributed by atoms with Gasteiger partial charge in [0.1, 0.15) is 17.3 Å². The van der Waals surface area contributed by atoms with E-state index in [1.807, 2.05) is 0 Å². The fourth-order valence-corrected chi connectivity index (χ4v) is 3.86. The smallest absolute Gasteiger partial charge is 0.416 e. The number of aliphatic carboxylic acids is 1. The Kier molecular flexibility index (Phi) is 6.24. The van der Waals surface area contributed by atoms with Crippen molar-refractivity contribution in [3.63, 3.8) is 0 Å². The van der Waals surface area contributed by atoms with Gasteiger partial charge in [-0.1, -0.05) is 6.08 Å². The summed E-state index contributed by atoms with van der Waals surface area (Å²) in [5, 5.41) is 18.5. The molecule has 0 amide bonds. The highest BCUT2D eigenvalue weighted by molar-refractivity contribution is 9.10. The average Bonchev–Trinajstić information content (AvgIpc) is 3.02. The summed E-state index contributed by atoms with van der Waals surface area (Å²) in [6.07, 6.45) is -5.86. The lowest BCUT2D eigenvalue weighted by Crippen LogP contribution is -2.27. The quantitative estimate of drug-likeness (QED) is 0.315. The third-order valence-electron chi connectivity index (χ3n) is 4.73. The third kappa shape index (κ3) is 4.88. The topological polar surface area (TPSA) is 78.9 Å². The van der Waals surface area contributed by atoms with Crippen molar-refractivity contribution in [3.05, 3.63) is 57.4 Å². The minimum Gasteiger partial charge on any atom is -0.477 e. The maximum atomic E-state index is 13.2. The normalized spacial score (nSPS) is 17.7. The number of nitrogens with zero attached hydrogens (tertiary/aromatic N) is 3. The molecule has 0 bridgehead atoms. The van der Waals surface area contributed by atoms with Gasteiger partial charge in [-0.15, -0.1) is 0 Å². The molecule has 0 radical (unpaired) electrons. The molecule has 1 aliphatic rings. The van der Waals surface area contributed by atoms with Gasteiger partial charge in [0.2, 0.25) is 0 Å². The van der Waals surface area contributed by atoms with E-state index in [0.717, 1.165) is 6.08 Å². The van der Waals surface area contributed by atoms with Crippen molar-refractivity contribution in [1.29, 1.82) is 5.26 Å². The molecule has 1 aliphatic carbocycles. The summed E-state index contributed by atoms with van der Waals surface area (Å²) >= 11 is 3.27. The number of hydrogen-bond donors (Lipinski definition) is 1. The van der Waals surface area contributed by atoms with Gasteiger partial charge in [0, 0.05) is 34.4 Å². The van der Waals surface area contributed by atoms with Gasteiger partial charge < -0.3 is 9.67 Å². The van der Waals surface area contributed by atoms with Gasteiger partial charge in [-0.25, -0.2) is 9.78 Å². The van der Waals surface area contributed by atoms with E-state index in [-0.39, 0.29) is 29.4 Å². The Hall–Kier alpha value is -3.07. The lowest BCUT2D eigenvalue weighted by Gasteiger charge is -2.25. The average molecular weight is 520 g/mol. The van der Waals surface area contributed by atoms with E-state index in [1.165, 1.54) is 29.1 Å². The molecule has 2 aromatic heterocycles. The number of alkyl halides is 6. The van der Waals surface area contributed by atoms with Crippen molar-refractivity contribution in [2.45, 2.75) is 25.3 Å². The summed E-state index contributed by atoms with van der Waals surface area (Å²) in [6, 6.07) is 3.05. The van der Waals surface area contributed by atoms with Crippen molar-refractivity contribution in [2.75, 3.05) is 0 Å². The Morgan fingerprint density at radius 1 is 1.34 bits per heavy atom. The van der Waals surface area contributed by atoms with E-state index in [1.54, 1.807) is 0 Å². The lowest BCUT2D eigenvalue weighted by molar-refractivity contribution is -0.162. The minimum atomic E-state index is -4.95. The Morgan fingerprint density at radius 2 is 2.03 bits per heavy atom. The van der Waals surface area contributed by atoms with Crippen molar-refractivity contribution in [2.24, 2.45) is 5.92 Å². The molecule has 32 heavy (non-hydrogen) atoms. The van der Waals surface area contributed by atoms with Crippen LogP contribution < -0.4 is 0 Å². The van der Waals surface area contributed by atoms with Crippen LogP contribution in [0.25, 0.3) is 17.1 Å². The van der Waals surface area contributed by atoms with Gasteiger partial charge in [0.15, 0.2) is 0 Å². The van der Waals surface area contributed by atoms with E-state index < -0.39 is 41.8 Å². The molecule has 0 aromatic carbocycles. The Balaban J connectivity index is 2.11. The molecular weight excluding hydrogens is 508 g/mol. The second-order valence-corrected chi connectivity index (χ2v) is 7.81. The number of hydrogen-bond acceptors (Lipinski definition) is 3. The number of carbonyl (C=O) groups is 1. The lowest BCUT2D eigenvalue weighted by atomic mass is 9.89. The van der Waals surface area contributed by atoms with Gasteiger partial charge in [0.25, 0.3) is 0 Å². The SMILES string of the molecule is N#C/C(=C\c1cn(CC2=CC(C(F)(F)F)=CC(C(F)(F)F)C2)c2nccc(Br)c12)C(=O)O. The van der Waals surface area contributed by atoms with Crippen LogP contribution in [0.15, 0.2) is 51.8 Å². The molecular formula is C20H12BrF6N3O2. The monoisotopic (exact) mass is 519 g/mol. The number of rotatable bonds is 4. The maximum absolute atomic E-state index is 13.2. The standard InChI is InChI=1S/C20H12BrF6N3O2/c21-15-1-2-29-17-16(15)12(5-11(7-28)18(31)32)9-30(17)8-10-3-13(19(22,23)24)6-14(4-10)20(25,26)27/h1-3,5-6,9,14H,4,8H2,(H,31,32)/b11-5+. The number of pyridine rings is 1. The predicted molar refractivity (Wildman–Crippen MR) is 105 cm³/mol. The van der Waals surface area contributed by atoms with Crippen LogP contribution in [-0.2, 0) is 11.3 Å². The van der Waals surface area contributed by atoms with Gasteiger partial charge >= 0.3 is 18.3 Å². The second-order valence-electron chi connectivity index (χ2n) is 6.95. The highest BCUT2D eigenvalue weighted by atomic mass is 79.9. The molecule has 1 unspecified atom stereocenters. The van der Waals surface area contributed by atoms with Crippen molar-refractivity contribution in [3.8, 4) is 6.07 Å². The van der Waals surface area contributed by atoms with Gasteiger partial charge in [-0.3, -0.25) is 0 Å². The summed E-state index contributed by atoms with van der Waals surface area (Å²) in [7, 11) is 0. The maximum Gasteiger partial charge on any atom is 0.416 e. The van der Waals surface area contributed by atoms with Gasteiger partial charge in [-0.2, -0.15) is 31.6 Å². The first-order chi connectivity index (χ1) is 14.8. The summed E-state index contributed by atoms with van der Waals surface area (Å²) < 4.78 is 81.0. The van der Waals surface area contributed by atoms with Crippen LogP contribution in [-0.4, -0.2) is 33.0 Å². The third-order valence-corrected chi connectivity index (χ3v) is 5.39. The molecule has 12 heteroatoms. The molecule has 1 N–H and O–H groups in total.